The summed E-state index contributed by atoms with van der Waals surface area (Å²) in [4.78, 5) is 4.10. The van der Waals surface area contributed by atoms with E-state index < -0.39 is 0 Å². The van der Waals surface area contributed by atoms with Crippen LogP contribution in [0.3, 0.4) is 0 Å². The van der Waals surface area contributed by atoms with Crippen molar-refractivity contribution in [3.8, 4) is 0 Å². The van der Waals surface area contributed by atoms with E-state index in [9.17, 15) is 0 Å². The van der Waals surface area contributed by atoms with Gasteiger partial charge < -0.3 is 5.73 Å². The van der Waals surface area contributed by atoms with Crippen LogP contribution in [0.15, 0.2) is 4.99 Å². The molecule has 0 heterocycles. The van der Waals surface area contributed by atoms with Gasteiger partial charge in [-0.25, -0.2) is 0 Å². The molecule has 0 radical (unpaired) electrons. The first-order chi connectivity index (χ1) is 5.31. The zero-order valence-corrected chi connectivity index (χ0v) is 7.71. The predicted molar refractivity (Wildman–Crippen MR) is 51.2 cm³/mol. The smallest absolute Gasteiger partial charge is 0.0395 e. The molecule has 11 heavy (non-hydrogen) atoms. The summed E-state index contributed by atoms with van der Waals surface area (Å²) in [6.07, 6.45) is 6.73. The van der Waals surface area contributed by atoms with Crippen LogP contribution in [0.2, 0.25) is 0 Å². The Morgan fingerprint density at radius 3 is 2.64 bits per heavy atom. The van der Waals surface area contributed by atoms with Crippen molar-refractivity contribution in [1.82, 2.24) is 0 Å². The van der Waals surface area contributed by atoms with E-state index in [0.717, 1.165) is 13.0 Å². The maximum absolute atomic E-state index is 5.75. The van der Waals surface area contributed by atoms with Crippen molar-refractivity contribution in [2.24, 2.45) is 10.7 Å². The van der Waals surface area contributed by atoms with Crippen LogP contribution in [-0.2, 0) is 0 Å². The summed E-state index contributed by atoms with van der Waals surface area (Å²) in [7, 11) is 0. The molecule has 2 nitrogen and oxygen atoms in total. The summed E-state index contributed by atoms with van der Waals surface area (Å²) in [6, 6.07) is 0.182. The Kier molecular flexibility index (Phi) is 7.47. The average Bonchev–Trinajstić information content (AvgIpc) is 2.01. The molecule has 2 heteroatoms. The first kappa shape index (κ1) is 10.6. The highest BCUT2D eigenvalue weighted by Gasteiger charge is 1.95. The highest BCUT2D eigenvalue weighted by molar-refractivity contribution is 5.63. The van der Waals surface area contributed by atoms with Crippen LogP contribution in [0.5, 0.6) is 0 Å². The van der Waals surface area contributed by atoms with Gasteiger partial charge >= 0.3 is 0 Å². The third kappa shape index (κ3) is 7.53. The fraction of sp³-hybridized carbons (Fsp3) is 0.889. The maximum Gasteiger partial charge on any atom is 0.0395 e. The minimum Gasteiger partial charge on any atom is -0.323 e. The minimum atomic E-state index is 0.182. The topological polar surface area (TPSA) is 38.4 Å². The third-order valence-electron chi connectivity index (χ3n) is 1.62. The van der Waals surface area contributed by atoms with Crippen molar-refractivity contribution in [1.29, 1.82) is 0 Å². The number of nitrogens with two attached hydrogens (primary N) is 1. The van der Waals surface area contributed by atoms with Gasteiger partial charge in [0.25, 0.3) is 0 Å². The van der Waals surface area contributed by atoms with Crippen LogP contribution in [0.25, 0.3) is 0 Å². The number of unbranched alkanes of at least 4 members (excludes halogenated alkanes) is 2. The van der Waals surface area contributed by atoms with E-state index >= 15 is 0 Å². The Morgan fingerprint density at radius 1 is 1.36 bits per heavy atom. The van der Waals surface area contributed by atoms with Crippen LogP contribution in [0.4, 0.5) is 0 Å². The molecule has 0 aromatic rings. The standard InChI is InChI=1S/C9H20N2/c1-3-5-6-7-9(10)8-11-4-2/h8-9H,3-7,10H2,1-2H3. The summed E-state index contributed by atoms with van der Waals surface area (Å²) in [5, 5.41) is 0. The molecule has 0 aromatic carbocycles. The summed E-state index contributed by atoms with van der Waals surface area (Å²) in [5.74, 6) is 0. The van der Waals surface area contributed by atoms with Crippen LogP contribution >= 0.6 is 0 Å². The normalized spacial score (nSPS) is 14.1. The molecular weight excluding hydrogens is 136 g/mol. The number of nitrogens with zero attached hydrogens (tertiary/aromatic N) is 1. The van der Waals surface area contributed by atoms with E-state index in [0.29, 0.717) is 0 Å². The Balaban J connectivity index is 3.21. The first-order valence-electron chi connectivity index (χ1n) is 4.56. The van der Waals surface area contributed by atoms with Gasteiger partial charge in [0.2, 0.25) is 0 Å². The lowest BCUT2D eigenvalue weighted by atomic mass is 10.1. The Bertz CT molecular complexity index is 99.7. The highest BCUT2D eigenvalue weighted by atomic mass is 14.7. The van der Waals surface area contributed by atoms with Crippen molar-refractivity contribution in [2.75, 3.05) is 6.54 Å². The Morgan fingerprint density at radius 2 is 2.09 bits per heavy atom. The lowest BCUT2D eigenvalue weighted by Crippen LogP contribution is -2.21. The molecule has 1 unspecified atom stereocenters. The van der Waals surface area contributed by atoms with Crippen molar-refractivity contribution < 1.29 is 0 Å². The molecule has 0 bridgehead atoms. The lowest BCUT2D eigenvalue weighted by molar-refractivity contribution is 0.642. The summed E-state index contributed by atoms with van der Waals surface area (Å²) in [6.45, 7) is 5.07. The monoisotopic (exact) mass is 156 g/mol. The van der Waals surface area contributed by atoms with Crippen molar-refractivity contribution in [3.63, 3.8) is 0 Å². The van der Waals surface area contributed by atoms with Gasteiger partial charge in [-0.1, -0.05) is 26.2 Å². The molecule has 0 amide bonds. The second-order valence-electron chi connectivity index (χ2n) is 2.81. The molecule has 0 saturated carbocycles. The quantitative estimate of drug-likeness (QED) is 0.463. The number of rotatable bonds is 6. The zero-order chi connectivity index (χ0) is 8.53. The molecule has 66 valence electrons. The average molecular weight is 156 g/mol. The van der Waals surface area contributed by atoms with Crippen LogP contribution in [0.1, 0.15) is 39.5 Å². The molecule has 0 aliphatic heterocycles. The SMILES string of the molecule is CCCCCC(N)C=NCC. The summed E-state index contributed by atoms with van der Waals surface area (Å²) < 4.78 is 0. The van der Waals surface area contributed by atoms with Crippen molar-refractivity contribution in [3.05, 3.63) is 0 Å². The van der Waals surface area contributed by atoms with Gasteiger partial charge in [-0.15, -0.1) is 0 Å². The molecule has 0 aliphatic rings. The van der Waals surface area contributed by atoms with Gasteiger partial charge in [-0.3, -0.25) is 4.99 Å². The third-order valence-corrected chi connectivity index (χ3v) is 1.62. The second-order valence-corrected chi connectivity index (χ2v) is 2.81. The van der Waals surface area contributed by atoms with Crippen molar-refractivity contribution >= 4 is 6.21 Å². The lowest BCUT2D eigenvalue weighted by Gasteiger charge is -2.03. The molecule has 1 atom stereocenters. The Hall–Kier alpha value is -0.370. The van der Waals surface area contributed by atoms with Gasteiger partial charge in [0.05, 0.1) is 0 Å². The summed E-state index contributed by atoms with van der Waals surface area (Å²) >= 11 is 0. The summed E-state index contributed by atoms with van der Waals surface area (Å²) in [5.41, 5.74) is 5.75. The molecular formula is C9H20N2. The van der Waals surface area contributed by atoms with Gasteiger partial charge in [0, 0.05) is 18.8 Å². The van der Waals surface area contributed by atoms with Crippen LogP contribution in [-0.4, -0.2) is 18.8 Å². The van der Waals surface area contributed by atoms with Crippen LogP contribution in [0, 0.1) is 0 Å². The van der Waals surface area contributed by atoms with Gasteiger partial charge in [0.1, 0.15) is 0 Å². The van der Waals surface area contributed by atoms with Crippen molar-refractivity contribution in [2.45, 2.75) is 45.6 Å². The second kappa shape index (κ2) is 7.73. The minimum absolute atomic E-state index is 0.182. The fourth-order valence-electron chi connectivity index (χ4n) is 0.945. The van der Waals surface area contributed by atoms with Gasteiger partial charge in [-0.2, -0.15) is 0 Å². The molecule has 2 N–H and O–H groups in total. The largest absolute Gasteiger partial charge is 0.323 e. The molecule has 0 rings (SSSR count). The zero-order valence-electron chi connectivity index (χ0n) is 7.71. The van der Waals surface area contributed by atoms with Crippen LogP contribution < -0.4 is 5.73 Å². The fourth-order valence-corrected chi connectivity index (χ4v) is 0.945. The van der Waals surface area contributed by atoms with E-state index in [2.05, 4.69) is 11.9 Å². The van der Waals surface area contributed by atoms with E-state index in [1.54, 1.807) is 0 Å². The molecule has 0 aliphatic carbocycles. The molecule has 0 aromatic heterocycles. The van der Waals surface area contributed by atoms with E-state index in [4.69, 9.17) is 5.73 Å². The van der Waals surface area contributed by atoms with E-state index in [1.165, 1.54) is 19.3 Å². The van der Waals surface area contributed by atoms with Gasteiger partial charge in [0.15, 0.2) is 0 Å². The maximum atomic E-state index is 5.75. The van der Waals surface area contributed by atoms with E-state index in [-0.39, 0.29) is 6.04 Å². The number of hydrogen-bond acceptors (Lipinski definition) is 2. The number of aliphatic imine (C=N–C) groups is 1. The number of hydrogen-bond donors (Lipinski definition) is 1. The predicted octanol–water partition coefficient (Wildman–Crippen LogP) is 1.98. The molecule has 0 saturated heterocycles. The highest BCUT2D eigenvalue weighted by Crippen LogP contribution is 1.99. The Labute approximate surface area is 69.9 Å². The molecule has 0 spiro atoms. The first-order valence-corrected chi connectivity index (χ1v) is 4.56. The molecule has 0 fully saturated rings. The van der Waals surface area contributed by atoms with Gasteiger partial charge in [-0.05, 0) is 13.3 Å². The van der Waals surface area contributed by atoms with E-state index in [1.807, 2.05) is 13.1 Å².